The molecule has 10 aromatic carbocycles. The number of para-hydroxylation sites is 3. The highest BCUT2D eigenvalue weighted by Gasteiger charge is 2.27. The summed E-state index contributed by atoms with van der Waals surface area (Å²) in [5.41, 5.74) is 10.3. The van der Waals surface area contributed by atoms with Crippen LogP contribution in [-0.4, -0.2) is 20.8 Å². The predicted molar refractivity (Wildman–Crippen MR) is 258 cm³/mol. The summed E-state index contributed by atoms with van der Waals surface area (Å²) in [6, 6.07) is 76.7. The van der Waals surface area contributed by atoms with Crippen molar-refractivity contribution in [1.82, 2.24) is 9.13 Å². The van der Waals surface area contributed by atoms with Gasteiger partial charge in [-0.25, -0.2) is 4.99 Å². The van der Waals surface area contributed by atoms with Crippen molar-refractivity contribution >= 4 is 87.6 Å². The third-order valence-electron chi connectivity index (χ3n) is 12.8. The van der Waals surface area contributed by atoms with Crippen molar-refractivity contribution in [2.75, 3.05) is 0 Å². The van der Waals surface area contributed by atoms with Crippen LogP contribution in [0.5, 0.6) is 0 Å². The lowest BCUT2D eigenvalue weighted by molar-refractivity contribution is -0.586. The van der Waals surface area contributed by atoms with Gasteiger partial charge in [-0.05, 0) is 75.5 Å². The molecule has 1 atom stereocenters. The van der Waals surface area contributed by atoms with Crippen molar-refractivity contribution in [1.29, 1.82) is 0 Å². The summed E-state index contributed by atoms with van der Waals surface area (Å²) in [5.74, 6) is 1.66. The van der Waals surface area contributed by atoms with E-state index in [2.05, 4.69) is 221 Å². The first-order valence-electron chi connectivity index (χ1n) is 21.3. The zero-order chi connectivity index (χ0) is 40.7. The number of quaternary nitrogens is 1. The quantitative estimate of drug-likeness (QED) is 0.180. The Morgan fingerprint density at radius 1 is 0.387 bits per heavy atom. The molecule has 0 amide bonds. The Labute approximate surface area is 357 Å². The predicted octanol–water partition coefficient (Wildman–Crippen LogP) is 12.8. The van der Waals surface area contributed by atoms with Crippen LogP contribution in [0.2, 0.25) is 0 Å². The van der Waals surface area contributed by atoms with Gasteiger partial charge in [0.15, 0.2) is 5.84 Å². The second kappa shape index (κ2) is 13.7. The second-order valence-electron chi connectivity index (χ2n) is 16.3. The van der Waals surface area contributed by atoms with Crippen LogP contribution in [0.25, 0.3) is 87.3 Å². The molecule has 2 aromatic heterocycles. The minimum Gasteiger partial charge on any atom is -0.309 e. The number of nitrogens with two attached hydrogens (primary N) is 1. The van der Waals surface area contributed by atoms with Crippen molar-refractivity contribution in [3.8, 4) is 11.4 Å². The molecule has 3 heterocycles. The van der Waals surface area contributed by atoms with E-state index in [1.165, 1.54) is 81.8 Å². The van der Waals surface area contributed by atoms with Crippen molar-refractivity contribution in [3.05, 3.63) is 229 Å². The van der Waals surface area contributed by atoms with E-state index >= 15 is 0 Å². The topological polar surface area (TPSA) is 51.2 Å². The average Bonchev–Trinajstić information content (AvgIpc) is 3.85. The minimum atomic E-state index is -0.193. The number of benzene rings is 10. The minimum absolute atomic E-state index is 0.193. The highest BCUT2D eigenvalue weighted by atomic mass is 15.2. The maximum atomic E-state index is 5.27. The highest BCUT2D eigenvalue weighted by molar-refractivity contribution is 6.22. The molecule has 62 heavy (non-hydrogen) atoms. The van der Waals surface area contributed by atoms with Gasteiger partial charge in [0.2, 0.25) is 12.0 Å². The van der Waals surface area contributed by atoms with Gasteiger partial charge < -0.3 is 9.13 Å². The molecule has 13 rings (SSSR count). The fraction of sp³-hybridized carbons (Fsp3) is 0.0175. The standard InChI is InChI=1S/C57H37N5/c1-2-16-38(17-3-1)55-58-56(60-57(59-55)47-25-14-19-37-15-4-6-20-43(37)47)40-30-29-36-31-32-42(34-41(36)33-40)61-51-28-13-10-24-48(51)53-52(61)35-39-18-5-7-21-44(39)54(53)62-49-26-11-8-22-45(49)46-23-9-12-27-50(46)62/h1-35,57H,(H,58,59,60)/p+1. The van der Waals surface area contributed by atoms with Crippen LogP contribution in [0.15, 0.2) is 222 Å². The molecule has 1 aliphatic heterocycles. The Hall–Kier alpha value is -8.12. The van der Waals surface area contributed by atoms with Gasteiger partial charge in [0.25, 0.3) is 0 Å². The Balaban J connectivity index is 1.01. The van der Waals surface area contributed by atoms with Crippen LogP contribution in [-0.2, 0) is 0 Å². The number of amidine groups is 2. The lowest BCUT2D eigenvalue weighted by atomic mass is 10.0. The average molecular weight is 793 g/mol. The van der Waals surface area contributed by atoms with E-state index < -0.39 is 0 Å². The van der Waals surface area contributed by atoms with Crippen molar-refractivity contribution in [2.45, 2.75) is 6.17 Å². The third-order valence-corrected chi connectivity index (χ3v) is 12.8. The van der Waals surface area contributed by atoms with Gasteiger partial charge >= 0.3 is 0 Å². The van der Waals surface area contributed by atoms with Crippen LogP contribution in [0.4, 0.5) is 0 Å². The first kappa shape index (κ1) is 34.7. The van der Waals surface area contributed by atoms with Gasteiger partial charge in [0, 0.05) is 43.7 Å². The molecule has 2 N–H and O–H groups in total. The molecule has 0 aliphatic carbocycles. The molecule has 290 valence electrons. The van der Waals surface area contributed by atoms with Gasteiger partial charge in [0.05, 0.1) is 33.3 Å². The maximum Gasteiger partial charge on any atom is 0.235 e. The van der Waals surface area contributed by atoms with Gasteiger partial charge in [-0.1, -0.05) is 164 Å². The molecule has 0 radical (unpaired) electrons. The van der Waals surface area contributed by atoms with Crippen molar-refractivity contribution < 1.29 is 5.32 Å². The summed E-state index contributed by atoms with van der Waals surface area (Å²) in [6.07, 6.45) is -0.193. The van der Waals surface area contributed by atoms with Crippen molar-refractivity contribution in [2.24, 2.45) is 9.98 Å². The zero-order valence-electron chi connectivity index (χ0n) is 33.7. The first-order chi connectivity index (χ1) is 30.7. The lowest BCUT2D eigenvalue weighted by Crippen LogP contribution is -2.90. The van der Waals surface area contributed by atoms with Crippen LogP contribution in [0.3, 0.4) is 0 Å². The van der Waals surface area contributed by atoms with E-state index in [1.807, 2.05) is 6.07 Å². The summed E-state index contributed by atoms with van der Waals surface area (Å²) in [6.45, 7) is 0. The Bertz CT molecular complexity index is 3790. The van der Waals surface area contributed by atoms with Crippen molar-refractivity contribution in [3.63, 3.8) is 0 Å². The van der Waals surface area contributed by atoms with E-state index in [0.717, 1.165) is 33.9 Å². The molecular weight excluding hydrogens is 755 g/mol. The number of hydrogen-bond acceptors (Lipinski definition) is 2. The van der Waals surface area contributed by atoms with Gasteiger partial charge in [-0.2, -0.15) is 4.99 Å². The summed E-state index contributed by atoms with van der Waals surface area (Å²) >= 11 is 0. The summed E-state index contributed by atoms with van der Waals surface area (Å²) < 4.78 is 4.96. The van der Waals surface area contributed by atoms with E-state index in [9.17, 15) is 0 Å². The van der Waals surface area contributed by atoms with E-state index in [0.29, 0.717) is 0 Å². The van der Waals surface area contributed by atoms with E-state index in [1.54, 1.807) is 0 Å². The molecule has 0 fully saturated rings. The number of rotatable bonds is 5. The van der Waals surface area contributed by atoms with E-state index in [-0.39, 0.29) is 6.17 Å². The molecule has 0 saturated carbocycles. The normalized spacial score (nSPS) is 14.4. The molecule has 5 heteroatoms. The van der Waals surface area contributed by atoms with Gasteiger partial charge in [-0.15, -0.1) is 0 Å². The highest BCUT2D eigenvalue weighted by Crippen LogP contribution is 2.43. The van der Waals surface area contributed by atoms with Gasteiger partial charge in [-0.3, -0.25) is 5.32 Å². The number of hydrogen-bond donors (Lipinski definition) is 1. The molecule has 0 spiro atoms. The summed E-state index contributed by atoms with van der Waals surface area (Å²) in [4.78, 5) is 10.5. The Morgan fingerprint density at radius 2 is 1.00 bits per heavy atom. The molecule has 12 aromatic rings. The van der Waals surface area contributed by atoms with Crippen LogP contribution in [0, 0.1) is 0 Å². The van der Waals surface area contributed by atoms with Crippen LogP contribution in [0.1, 0.15) is 22.9 Å². The summed E-state index contributed by atoms with van der Waals surface area (Å²) in [7, 11) is 0. The second-order valence-corrected chi connectivity index (χ2v) is 16.3. The first-order valence-corrected chi connectivity index (χ1v) is 21.3. The Kier molecular flexibility index (Phi) is 7.68. The number of aliphatic imine (C=N–C) groups is 2. The monoisotopic (exact) mass is 792 g/mol. The summed E-state index contributed by atoms with van der Waals surface area (Å²) in [5, 5.41) is 14.4. The number of fused-ring (bicyclic) bond motifs is 9. The molecule has 1 unspecified atom stereocenters. The molecule has 1 aliphatic rings. The zero-order valence-corrected chi connectivity index (χ0v) is 33.7. The third kappa shape index (κ3) is 5.32. The fourth-order valence-corrected chi connectivity index (χ4v) is 10.0. The van der Waals surface area contributed by atoms with Crippen LogP contribution >= 0.6 is 0 Å². The Morgan fingerprint density at radius 3 is 1.77 bits per heavy atom. The largest absolute Gasteiger partial charge is 0.309 e. The number of nitrogens with zero attached hydrogens (tertiary/aromatic N) is 4. The number of aromatic nitrogens is 2. The smallest absolute Gasteiger partial charge is 0.235 e. The molecular formula is C57H38N5+. The SMILES string of the molecule is c1ccc(C2=NC(c3cccc4ccccc34)[NH2+]C(c3ccc4ccc(-n5c6ccccc6c6c(-n7c8ccccc8c8ccccc87)c7ccccc7cc65)cc4c3)=N2)cc1. The van der Waals surface area contributed by atoms with Gasteiger partial charge in [0.1, 0.15) is 0 Å². The molecule has 0 saturated heterocycles. The lowest BCUT2D eigenvalue weighted by Gasteiger charge is -2.20. The van der Waals surface area contributed by atoms with E-state index in [4.69, 9.17) is 9.98 Å². The molecule has 0 bridgehead atoms. The molecule has 5 nitrogen and oxygen atoms in total. The fourth-order valence-electron chi connectivity index (χ4n) is 10.0. The van der Waals surface area contributed by atoms with Crippen LogP contribution < -0.4 is 5.32 Å². The maximum absolute atomic E-state index is 5.27.